The van der Waals surface area contributed by atoms with Crippen molar-refractivity contribution in [2.24, 2.45) is 0 Å². The maximum atomic E-state index is 12.8. The number of rotatable bonds is 5. The van der Waals surface area contributed by atoms with Gasteiger partial charge in [0.25, 0.3) is 5.91 Å². The number of benzene rings is 3. The second kappa shape index (κ2) is 7.74. The lowest BCUT2D eigenvalue weighted by atomic mass is 9.88. The highest BCUT2D eigenvalue weighted by atomic mass is 16.5. The molecule has 0 aliphatic carbocycles. The Labute approximate surface area is 163 Å². The average Bonchev–Trinajstić information content (AvgIpc) is 2.74. The first-order valence-corrected chi connectivity index (χ1v) is 9.20. The molecule has 4 rings (SSSR count). The predicted octanol–water partition coefficient (Wildman–Crippen LogP) is 3.88. The van der Waals surface area contributed by atoms with E-state index in [4.69, 9.17) is 9.47 Å². The summed E-state index contributed by atoms with van der Waals surface area (Å²) in [4.78, 5) is 12.8. The maximum absolute atomic E-state index is 12.8. The van der Waals surface area contributed by atoms with E-state index in [1.165, 1.54) is 0 Å². The van der Waals surface area contributed by atoms with Crippen LogP contribution in [0.2, 0.25) is 0 Å². The molecule has 142 valence electrons. The summed E-state index contributed by atoms with van der Waals surface area (Å²) in [5, 5.41) is 13.9. The zero-order valence-corrected chi connectivity index (χ0v) is 15.3. The van der Waals surface area contributed by atoms with Gasteiger partial charge in [-0.3, -0.25) is 4.79 Å². The summed E-state index contributed by atoms with van der Waals surface area (Å²) in [5.74, 6) is 1.47. The second-order valence-electron chi connectivity index (χ2n) is 6.72. The highest BCUT2D eigenvalue weighted by molar-refractivity contribution is 5.97. The molecule has 0 saturated heterocycles. The van der Waals surface area contributed by atoms with Crippen LogP contribution >= 0.6 is 0 Å². The molecule has 1 aliphatic rings. The van der Waals surface area contributed by atoms with Crippen molar-refractivity contribution >= 4 is 5.91 Å². The molecule has 3 aromatic rings. The molecule has 0 bridgehead atoms. The predicted molar refractivity (Wildman–Crippen MR) is 106 cm³/mol. The topological polar surface area (TPSA) is 67.8 Å². The molecule has 1 amide bonds. The number of hydrogen-bond acceptors (Lipinski definition) is 4. The van der Waals surface area contributed by atoms with Crippen molar-refractivity contribution in [1.29, 1.82) is 0 Å². The van der Waals surface area contributed by atoms with Crippen molar-refractivity contribution in [3.05, 3.63) is 90.0 Å². The van der Waals surface area contributed by atoms with E-state index in [0.717, 1.165) is 0 Å². The van der Waals surface area contributed by atoms with Gasteiger partial charge in [-0.2, -0.15) is 0 Å². The zero-order chi connectivity index (χ0) is 19.4. The summed E-state index contributed by atoms with van der Waals surface area (Å²) in [6, 6.07) is 23.7. The normalized spacial score (nSPS) is 17.9. The quantitative estimate of drug-likeness (QED) is 0.710. The maximum Gasteiger partial charge on any atom is 0.255 e. The highest BCUT2D eigenvalue weighted by Gasteiger charge is 2.36. The van der Waals surface area contributed by atoms with Crippen LogP contribution in [0.3, 0.4) is 0 Å². The molecule has 1 aliphatic heterocycles. The van der Waals surface area contributed by atoms with Gasteiger partial charge in [-0.15, -0.1) is 0 Å². The molecule has 0 fully saturated rings. The van der Waals surface area contributed by atoms with E-state index in [1.807, 2.05) is 60.7 Å². The molecular weight excluding hydrogens is 354 g/mol. The van der Waals surface area contributed by atoms with Crippen molar-refractivity contribution in [1.82, 2.24) is 5.32 Å². The van der Waals surface area contributed by atoms with Gasteiger partial charge in [0.1, 0.15) is 22.8 Å². The molecule has 0 spiro atoms. The molecule has 1 unspecified atom stereocenters. The van der Waals surface area contributed by atoms with Gasteiger partial charge >= 0.3 is 0 Å². The fourth-order valence-electron chi connectivity index (χ4n) is 3.31. The Hall–Kier alpha value is -3.31. The Kier molecular flexibility index (Phi) is 5.00. The van der Waals surface area contributed by atoms with Crippen LogP contribution in [0.25, 0.3) is 0 Å². The monoisotopic (exact) mass is 375 g/mol. The summed E-state index contributed by atoms with van der Waals surface area (Å²) in [5.41, 5.74) is -0.0645. The summed E-state index contributed by atoms with van der Waals surface area (Å²) in [7, 11) is 0. The molecule has 28 heavy (non-hydrogen) atoms. The Morgan fingerprint density at radius 1 is 1.00 bits per heavy atom. The lowest BCUT2D eigenvalue weighted by Crippen LogP contribution is -2.44. The molecular formula is C23H21NO4. The van der Waals surface area contributed by atoms with Gasteiger partial charge in [0.15, 0.2) is 0 Å². The molecule has 0 radical (unpaired) electrons. The van der Waals surface area contributed by atoms with Crippen LogP contribution < -0.4 is 14.8 Å². The largest absolute Gasteiger partial charge is 0.493 e. The third-order valence-corrected chi connectivity index (χ3v) is 4.81. The van der Waals surface area contributed by atoms with E-state index in [1.54, 1.807) is 18.2 Å². The molecule has 5 nitrogen and oxygen atoms in total. The van der Waals surface area contributed by atoms with Gasteiger partial charge in [-0.25, -0.2) is 0 Å². The van der Waals surface area contributed by atoms with Crippen molar-refractivity contribution in [2.75, 3.05) is 13.2 Å². The van der Waals surface area contributed by atoms with Crippen LogP contribution in [-0.2, 0) is 5.60 Å². The number of carbonyl (C=O) groups excluding carboxylic acids is 1. The lowest BCUT2D eigenvalue weighted by Gasteiger charge is -2.34. The highest BCUT2D eigenvalue weighted by Crippen LogP contribution is 2.36. The SMILES string of the molecule is O=C(NCC1(O)CCOc2ccccc21)c1ccccc1Oc1ccccc1. The minimum absolute atomic E-state index is 0.0892. The lowest BCUT2D eigenvalue weighted by molar-refractivity contribution is -0.00162. The van der Waals surface area contributed by atoms with Crippen LogP contribution in [0.15, 0.2) is 78.9 Å². The van der Waals surface area contributed by atoms with Gasteiger partial charge in [0, 0.05) is 12.0 Å². The fourth-order valence-corrected chi connectivity index (χ4v) is 3.31. The minimum Gasteiger partial charge on any atom is -0.493 e. The van der Waals surface area contributed by atoms with Gasteiger partial charge < -0.3 is 19.9 Å². The smallest absolute Gasteiger partial charge is 0.255 e. The minimum atomic E-state index is -1.17. The molecule has 1 atom stereocenters. The van der Waals surface area contributed by atoms with Crippen LogP contribution in [0, 0.1) is 0 Å². The number of ether oxygens (including phenoxy) is 2. The number of carbonyl (C=O) groups is 1. The van der Waals surface area contributed by atoms with E-state index < -0.39 is 5.60 Å². The van der Waals surface area contributed by atoms with Gasteiger partial charge in [-0.1, -0.05) is 48.5 Å². The van der Waals surface area contributed by atoms with E-state index in [0.29, 0.717) is 41.4 Å². The Morgan fingerprint density at radius 2 is 1.71 bits per heavy atom. The van der Waals surface area contributed by atoms with Crippen LogP contribution in [0.5, 0.6) is 17.2 Å². The average molecular weight is 375 g/mol. The van der Waals surface area contributed by atoms with Gasteiger partial charge in [0.05, 0.1) is 18.7 Å². The van der Waals surface area contributed by atoms with E-state index in [2.05, 4.69) is 5.32 Å². The first kappa shape index (κ1) is 18.1. The number of nitrogens with one attached hydrogen (secondary N) is 1. The van der Waals surface area contributed by atoms with Gasteiger partial charge in [0.2, 0.25) is 0 Å². The van der Waals surface area contributed by atoms with E-state index in [-0.39, 0.29) is 12.5 Å². The second-order valence-corrected chi connectivity index (χ2v) is 6.72. The summed E-state index contributed by atoms with van der Waals surface area (Å²) < 4.78 is 11.5. The summed E-state index contributed by atoms with van der Waals surface area (Å²) in [6.07, 6.45) is 0.409. The summed E-state index contributed by atoms with van der Waals surface area (Å²) in [6.45, 7) is 0.489. The Bertz CT molecular complexity index is 973. The number of hydrogen-bond donors (Lipinski definition) is 2. The zero-order valence-electron chi connectivity index (χ0n) is 15.3. The fraction of sp³-hybridized carbons (Fsp3) is 0.174. The van der Waals surface area contributed by atoms with Crippen molar-refractivity contribution in [3.8, 4) is 17.2 Å². The first-order chi connectivity index (χ1) is 13.7. The molecule has 5 heteroatoms. The number of fused-ring (bicyclic) bond motifs is 1. The molecule has 0 saturated carbocycles. The Morgan fingerprint density at radius 3 is 2.57 bits per heavy atom. The summed E-state index contributed by atoms with van der Waals surface area (Å²) >= 11 is 0. The van der Waals surface area contributed by atoms with Crippen LogP contribution in [0.4, 0.5) is 0 Å². The molecule has 3 aromatic carbocycles. The first-order valence-electron chi connectivity index (χ1n) is 9.20. The number of aliphatic hydroxyl groups is 1. The van der Waals surface area contributed by atoms with Gasteiger partial charge in [-0.05, 0) is 30.3 Å². The van der Waals surface area contributed by atoms with E-state index >= 15 is 0 Å². The standard InChI is InChI=1S/C23H21NO4/c25-22(18-10-4-6-12-20(18)28-17-8-2-1-3-9-17)24-16-23(26)14-15-27-21-13-7-5-11-19(21)23/h1-13,26H,14-16H2,(H,24,25). The van der Waals surface area contributed by atoms with Crippen molar-refractivity contribution < 1.29 is 19.4 Å². The molecule has 2 N–H and O–H groups in total. The number of para-hydroxylation sites is 3. The third kappa shape index (κ3) is 3.70. The van der Waals surface area contributed by atoms with Crippen LogP contribution in [-0.4, -0.2) is 24.2 Å². The number of amides is 1. The van der Waals surface area contributed by atoms with E-state index in [9.17, 15) is 9.90 Å². The molecule has 1 heterocycles. The van der Waals surface area contributed by atoms with Crippen molar-refractivity contribution in [2.45, 2.75) is 12.0 Å². The Balaban J connectivity index is 1.51. The van der Waals surface area contributed by atoms with Crippen LogP contribution in [0.1, 0.15) is 22.3 Å². The van der Waals surface area contributed by atoms with Crippen molar-refractivity contribution in [3.63, 3.8) is 0 Å². The molecule has 0 aromatic heterocycles. The third-order valence-electron chi connectivity index (χ3n) is 4.81.